The summed E-state index contributed by atoms with van der Waals surface area (Å²) < 4.78 is 0. The van der Waals surface area contributed by atoms with Gasteiger partial charge in [-0.15, -0.1) is 0 Å². The van der Waals surface area contributed by atoms with Crippen LogP contribution in [0.1, 0.15) is 5.56 Å². The van der Waals surface area contributed by atoms with Gasteiger partial charge < -0.3 is 16.8 Å². The fraction of sp³-hybridized carbons (Fsp3) is 0.400. The van der Waals surface area contributed by atoms with Crippen LogP contribution in [0.25, 0.3) is 0 Å². The molecule has 1 aliphatic heterocycles. The summed E-state index contributed by atoms with van der Waals surface area (Å²) in [5, 5.41) is 3.33. The Kier molecular flexibility index (Phi) is 2.10. The molecule has 1 aromatic carbocycles. The van der Waals surface area contributed by atoms with Gasteiger partial charge in [0.25, 0.3) is 0 Å². The van der Waals surface area contributed by atoms with Crippen LogP contribution in [0, 0.1) is 5.92 Å². The molecule has 3 heteroatoms. The normalized spacial score (nSPS) is 20.5. The molecule has 0 spiro atoms. The first-order chi connectivity index (χ1) is 6.31. The van der Waals surface area contributed by atoms with E-state index in [1.54, 1.807) is 0 Å². The van der Waals surface area contributed by atoms with Crippen LogP contribution in [0.5, 0.6) is 0 Å². The molecular formula is C10H15N3. The molecule has 0 aliphatic carbocycles. The Morgan fingerprint density at radius 2 is 2.31 bits per heavy atom. The van der Waals surface area contributed by atoms with Gasteiger partial charge in [-0.1, -0.05) is 12.1 Å². The fourth-order valence-electron chi connectivity index (χ4n) is 1.80. The van der Waals surface area contributed by atoms with Gasteiger partial charge in [0.05, 0.1) is 11.4 Å². The van der Waals surface area contributed by atoms with E-state index in [1.807, 2.05) is 12.1 Å². The topological polar surface area (TPSA) is 64.1 Å². The highest BCUT2D eigenvalue weighted by Gasteiger charge is 2.17. The number of nitrogen functional groups attached to an aromatic ring is 1. The number of fused-ring (bicyclic) bond motifs is 1. The maximum atomic E-state index is 5.83. The molecular weight excluding hydrogens is 162 g/mol. The summed E-state index contributed by atoms with van der Waals surface area (Å²) in [5.41, 5.74) is 14.7. The zero-order chi connectivity index (χ0) is 9.26. The Morgan fingerprint density at radius 3 is 3.08 bits per heavy atom. The molecule has 0 saturated carbocycles. The van der Waals surface area contributed by atoms with Crippen molar-refractivity contribution in [1.29, 1.82) is 0 Å². The van der Waals surface area contributed by atoms with Gasteiger partial charge in [0.1, 0.15) is 0 Å². The zero-order valence-electron chi connectivity index (χ0n) is 7.59. The molecule has 0 aromatic heterocycles. The predicted molar refractivity (Wildman–Crippen MR) is 55.6 cm³/mol. The van der Waals surface area contributed by atoms with Crippen LogP contribution in [0.3, 0.4) is 0 Å². The van der Waals surface area contributed by atoms with E-state index in [-0.39, 0.29) is 0 Å². The Hall–Kier alpha value is -1.22. The van der Waals surface area contributed by atoms with Gasteiger partial charge in [-0.25, -0.2) is 0 Å². The second-order valence-corrected chi connectivity index (χ2v) is 3.57. The van der Waals surface area contributed by atoms with E-state index >= 15 is 0 Å². The van der Waals surface area contributed by atoms with Gasteiger partial charge in [0, 0.05) is 6.54 Å². The lowest BCUT2D eigenvalue weighted by atomic mass is 9.93. The molecule has 0 fully saturated rings. The van der Waals surface area contributed by atoms with E-state index in [0.29, 0.717) is 5.92 Å². The maximum Gasteiger partial charge on any atom is 0.0606 e. The van der Waals surface area contributed by atoms with Gasteiger partial charge in [-0.3, -0.25) is 0 Å². The van der Waals surface area contributed by atoms with Crippen molar-refractivity contribution < 1.29 is 0 Å². The number of para-hydroxylation sites is 1. The summed E-state index contributed by atoms with van der Waals surface area (Å²) >= 11 is 0. The van der Waals surface area contributed by atoms with Crippen LogP contribution in [0.15, 0.2) is 18.2 Å². The van der Waals surface area contributed by atoms with Crippen molar-refractivity contribution in [3.05, 3.63) is 23.8 Å². The minimum atomic E-state index is 0.550. The van der Waals surface area contributed by atoms with Gasteiger partial charge in [-0.2, -0.15) is 0 Å². The van der Waals surface area contributed by atoms with Gasteiger partial charge in [-0.05, 0) is 30.5 Å². The predicted octanol–water partition coefficient (Wildman–Crippen LogP) is 0.812. The Morgan fingerprint density at radius 1 is 1.46 bits per heavy atom. The molecule has 0 saturated heterocycles. The lowest BCUT2D eigenvalue weighted by Gasteiger charge is -2.26. The average Bonchev–Trinajstić information content (AvgIpc) is 2.18. The Bertz CT molecular complexity index is 309. The zero-order valence-corrected chi connectivity index (χ0v) is 7.59. The van der Waals surface area contributed by atoms with Crippen LogP contribution in [-0.2, 0) is 6.42 Å². The third kappa shape index (κ3) is 1.47. The highest BCUT2D eigenvalue weighted by Crippen LogP contribution is 2.29. The molecule has 1 heterocycles. The molecule has 1 aromatic rings. The SMILES string of the molecule is NCC1CNc2c(N)cccc2C1. The number of nitrogens with two attached hydrogens (primary N) is 2. The van der Waals surface area contributed by atoms with Crippen molar-refractivity contribution in [3.63, 3.8) is 0 Å². The second kappa shape index (κ2) is 3.26. The van der Waals surface area contributed by atoms with Crippen molar-refractivity contribution in [3.8, 4) is 0 Å². The first-order valence-corrected chi connectivity index (χ1v) is 4.62. The van der Waals surface area contributed by atoms with Crippen LogP contribution < -0.4 is 16.8 Å². The number of benzene rings is 1. The number of hydrogen-bond donors (Lipinski definition) is 3. The number of anilines is 2. The smallest absolute Gasteiger partial charge is 0.0606 e. The second-order valence-electron chi connectivity index (χ2n) is 3.57. The minimum Gasteiger partial charge on any atom is -0.397 e. The number of hydrogen-bond acceptors (Lipinski definition) is 3. The van der Waals surface area contributed by atoms with E-state index < -0.39 is 0 Å². The van der Waals surface area contributed by atoms with Crippen molar-refractivity contribution in [1.82, 2.24) is 0 Å². The molecule has 0 amide bonds. The molecule has 70 valence electrons. The first-order valence-electron chi connectivity index (χ1n) is 4.62. The first kappa shape index (κ1) is 8.38. The van der Waals surface area contributed by atoms with Crippen molar-refractivity contribution in [2.24, 2.45) is 11.7 Å². The third-order valence-electron chi connectivity index (χ3n) is 2.59. The molecule has 13 heavy (non-hydrogen) atoms. The number of nitrogens with one attached hydrogen (secondary N) is 1. The van der Waals surface area contributed by atoms with Crippen molar-refractivity contribution >= 4 is 11.4 Å². The highest BCUT2D eigenvalue weighted by molar-refractivity contribution is 5.71. The number of rotatable bonds is 1. The average molecular weight is 177 g/mol. The van der Waals surface area contributed by atoms with Gasteiger partial charge in [0.15, 0.2) is 0 Å². The Balaban J connectivity index is 2.31. The van der Waals surface area contributed by atoms with Crippen LogP contribution >= 0.6 is 0 Å². The molecule has 3 nitrogen and oxygen atoms in total. The summed E-state index contributed by atoms with van der Waals surface area (Å²) in [7, 11) is 0. The standard InChI is InChI=1S/C10H15N3/c11-5-7-4-8-2-1-3-9(12)10(8)13-6-7/h1-3,7,13H,4-6,11-12H2. The minimum absolute atomic E-state index is 0.550. The highest BCUT2D eigenvalue weighted by atomic mass is 14.9. The van der Waals surface area contributed by atoms with Crippen molar-refractivity contribution in [2.45, 2.75) is 6.42 Å². The molecule has 0 bridgehead atoms. The largest absolute Gasteiger partial charge is 0.397 e. The van der Waals surface area contributed by atoms with Crippen LogP contribution in [0.2, 0.25) is 0 Å². The summed E-state index contributed by atoms with van der Waals surface area (Å²) in [6.45, 7) is 1.68. The molecule has 5 N–H and O–H groups in total. The summed E-state index contributed by atoms with van der Waals surface area (Å²) in [5.74, 6) is 0.550. The van der Waals surface area contributed by atoms with E-state index in [9.17, 15) is 0 Å². The van der Waals surface area contributed by atoms with E-state index in [0.717, 1.165) is 30.9 Å². The monoisotopic (exact) mass is 177 g/mol. The quantitative estimate of drug-likeness (QED) is 0.556. The maximum absolute atomic E-state index is 5.83. The van der Waals surface area contributed by atoms with Crippen LogP contribution in [-0.4, -0.2) is 13.1 Å². The van der Waals surface area contributed by atoms with E-state index in [4.69, 9.17) is 11.5 Å². The lowest BCUT2D eigenvalue weighted by molar-refractivity contribution is 0.550. The van der Waals surface area contributed by atoms with E-state index in [2.05, 4.69) is 11.4 Å². The summed E-state index contributed by atoms with van der Waals surface area (Å²) in [4.78, 5) is 0. The summed E-state index contributed by atoms with van der Waals surface area (Å²) in [6.07, 6.45) is 1.05. The molecule has 1 atom stereocenters. The van der Waals surface area contributed by atoms with Gasteiger partial charge >= 0.3 is 0 Å². The fourth-order valence-corrected chi connectivity index (χ4v) is 1.80. The lowest BCUT2D eigenvalue weighted by Crippen LogP contribution is -2.29. The molecule has 0 radical (unpaired) electrons. The van der Waals surface area contributed by atoms with Gasteiger partial charge in [0.2, 0.25) is 0 Å². The van der Waals surface area contributed by atoms with Crippen molar-refractivity contribution in [2.75, 3.05) is 24.1 Å². The summed E-state index contributed by atoms with van der Waals surface area (Å²) in [6, 6.07) is 6.03. The van der Waals surface area contributed by atoms with Crippen LogP contribution in [0.4, 0.5) is 11.4 Å². The third-order valence-corrected chi connectivity index (χ3v) is 2.59. The molecule has 1 unspecified atom stereocenters. The molecule has 2 rings (SSSR count). The molecule has 1 aliphatic rings. The van der Waals surface area contributed by atoms with E-state index in [1.165, 1.54) is 5.56 Å². The Labute approximate surface area is 78.1 Å².